The summed E-state index contributed by atoms with van der Waals surface area (Å²) in [6.07, 6.45) is 2.84. The van der Waals surface area contributed by atoms with Crippen LogP contribution in [0.3, 0.4) is 0 Å². The van der Waals surface area contributed by atoms with Crippen molar-refractivity contribution in [2.24, 2.45) is 5.92 Å². The lowest BCUT2D eigenvalue weighted by Crippen LogP contribution is -2.43. The molecule has 1 amide bonds. The minimum absolute atomic E-state index is 0.0386. The van der Waals surface area contributed by atoms with Gasteiger partial charge in [0.05, 0.1) is 6.26 Å². The number of rotatable bonds is 4. The lowest BCUT2D eigenvalue weighted by atomic mass is 9.98. The van der Waals surface area contributed by atoms with Crippen molar-refractivity contribution in [1.82, 2.24) is 30.2 Å². The maximum Gasteiger partial charge on any atom is 0.295 e. The molecule has 0 aromatic carbocycles. The van der Waals surface area contributed by atoms with Gasteiger partial charge >= 0.3 is 0 Å². The maximum atomic E-state index is 12.0. The number of H-pyrrole nitrogens is 1. The number of carbonyl (C=O) groups excluding carboxylic acids is 1. The molecule has 1 aliphatic heterocycles. The van der Waals surface area contributed by atoms with E-state index in [1.54, 1.807) is 4.90 Å². The number of hydrogen-bond donors (Lipinski definition) is 2. The van der Waals surface area contributed by atoms with Crippen LogP contribution < -0.4 is 4.72 Å². The fourth-order valence-electron chi connectivity index (χ4n) is 2.08. The fraction of sp³-hybridized carbons (Fsp3) is 0.778. The van der Waals surface area contributed by atoms with Crippen molar-refractivity contribution in [3.8, 4) is 0 Å². The topological polar surface area (TPSA) is 121 Å². The van der Waals surface area contributed by atoms with E-state index in [2.05, 4.69) is 25.3 Å². The van der Waals surface area contributed by atoms with Gasteiger partial charge in [0.25, 0.3) is 11.7 Å². The van der Waals surface area contributed by atoms with Gasteiger partial charge in [-0.3, -0.25) is 4.79 Å². The molecule has 0 aliphatic carbocycles. The summed E-state index contributed by atoms with van der Waals surface area (Å²) in [5, 5.41) is 12.9. The van der Waals surface area contributed by atoms with Crippen molar-refractivity contribution in [3.05, 3.63) is 5.82 Å². The van der Waals surface area contributed by atoms with E-state index in [9.17, 15) is 13.2 Å². The molecule has 19 heavy (non-hydrogen) atoms. The van der Waals surface area contributed by atoms with Crippen LogP contribution in [-0.2, 0) is 10.0 Å². The number of aromatic amines is 1. The first kappa shape index (κ1) is 13.9. The van der Waals surface area contributed by atoms with Crippen LogP contribution in [0.2, 0.25) is 0 Å². The van der Waals surface area contributed by atoms with Crippen LogP contribution in [0.1, 0.15) is 23.5 Å². The van der Waals surface area contributed by atoms with Gasteiger partial charge in [-0.2, -0.15) is 5.21 Å². The first-order valence-corrected chi connectivity index (χ1v) is 7.82. The van der Waals surface area contributed by atoms with Crippen molar-refractivity contribution in [1.29, 1.82) is 0 Å². The second-order valence-corrected chi connectivity index (χ2v) is 6.45. The molecule has 1 aromatic rings. The third-order valence-electron chi connectivity index (χ3n) is 2.98. The molecule has 0 spiro atoms. The summed E-state index contributed by atoms with van der Waals surface area (Å²) < 4.78 is 24.6. The highest BCUT2D eigenvalue weighted by Crippen LogP contribution is 2.17. The Balaban J connectivity index is 1.92. The predicted octanol–water partition coefficient (Wildman–Crippen LogP) is -1.40. The van der Waals surface area contributed by atoms with Crippen molar-refractivity contribution >= 4 is 15.9 Å². The van der Waals surface area contributed by atoms with Gasteiger partial charge in [-0.15, -0.1) is 10.2 Å². The molecule has 9 nitrogen and oxygen atoms in total. The zero-order valence-electron chi connectivity index (χ0n) is 10.5. The molecular formula is C9H16N6O3S. The molecular weight excluding hydrogens is 272 g/mol. The number of amides is 1. The number of tetrazole rings is 1. The molecule has 1 aromatic heterocycles. The number of aromatic nitrogens is 4. The number of likely N-dealkylation sites (tertiary alicyclic amines) is 1. The fourth-order valence-corrected chi connectivity index (χ4v) is 2.62. The van der Waals surface area contributed by atoms with Gasteiger partial charge in [0.1, 0.15) is 0 Å². The van der Waals surface area contributed by atoms with Crippen LogP contribution in [0.4, 0.5) is 0 Å². The molecule has 1 unspecified atom stereocenters. The standard InChI is InChI=1S/C9H16N6O3S/c1-19(17,18)10-5-7-3-2-4-15(6-7)9(16)8-11-13-14-12-8/h7,10H,2-6H2,1H3,(H,11,12,13,14). The van der Waals surface area contributed by atoms with E-state index in [0.717, 1.165) is 19.1 Å². The van der Waals surface area contributed by atoms with Gasteiger partial charge in [-0.1, -0.05) is 0 Å². The summed E-state index contributed by atoms with van der Waals surface area (Å²) >= 11 is 0. The molecule has 2 heterocycles. The van der Waals surface area contributed by atoms with Gasteiger partial charge in [0.15, 0.2) is 0 Å². The Morgan fingerprint density at radius 2 is 2.37 bits per heavy atom. The van der Waals surface area contributed by atoms with Crippen LogP contribution in [0, 0.1) is 5.92 Å². The molecule has 106 valence electrons. The minimum atomic E-state index is -3.20. The van der Waals surface area contributed by atoms with E-state index in [1.165, 1.54) is 0 Å². The van der Waals surface area contributed by atoms with E-state index >= 15 is 0 Å². The number of sulfonamides is 1. The van der Waals surface area contributed by atoms with Crippen molar-refractivity contribution in [2.45, 2.75) is 12.8 Å². The Morgan fingerprint density at radius 3 is 3.00 bits per heavy atom. The van der Waals surface area contributed by atoms with Crippen LogP contribution in [0.5, 0.6) is 0 Å². The smallest absolute Gasteiger partial charge is 0.295 e. The van der Waals surface area contributed by atoms with Gasteiger partial charge in [-0.05, 0) is 24.0 Å². The number of hydrogen-bond acceptors (Lipinski definition) is 6. The second kappa shape index (κ2) is 5.61. The Kier molecular flexibility index (Phi) is 4.10. The molecule has 0 bridgehead atoms. The highest BCUT2D eigenvalue weighted by Gasteiger charge is 2.26. The molecule has 2 rings (SSSR count). The summed E-state index contributed by atoms with van der Waals surface area (Å²) in [5.41, 5.74) is 0. The third-order valence-corrected chi connectivity index (χ3v) is 3.67. The average molecular weight is 288 g/mol. The average Bonchev–Trinajstić information content (AvgIpc) is 2.89. The molecule has 1 fully saturated rings. The lowest BCUT2D eigenvalue weighted by Gasteiger charge is -2.31. The predicted molar refractivity (Wildman–Crippen MR) is 65.7 cm³/mol. The molecule has 1 atom stereocenters. The van der Waals surface area contributed by atoms with Gasteiger partial charge in [0, 0.05) is 19.6 Å². The zero-order valence-corrected chi connectivity index (χ0v) is 11.4. The summed E-state index contributed by atoms with van der Waals surface area (Å²) in [7, 11) is -3.20. The number of piperidine rings is 1. The van der Waals surface area contributed by atoms with Crippen molar-refractivity contribution < 1.29 is 13.2 Å². The van der Waals surface area contributed by atoms with Crippen LogP contribution in [0.25, 0.3) is 0 Å². The van der Waals surface area contributed by atoms with Gasteiger partial charge in [-0.25, -0.2) is 13.1 Å². The van der Waals surface area contributed by atoms with E-state index in [0.29, 0.717) is 19.6 Å². The highest BCUT2D eigenvalue weighted by atomic mass is 32.2. The van der Waals surface area contributed by atoms with Crippen LogP contribution >= 0.6 is 0 Å². The molecule has 0 saturated carbocycles. The van der Waals surface area contributed by atoms with E-state index < -0.39 is 10.0 Å². The molecule has 1 saturated heterocycles. The lowest BCUT2D eigenvalue weighted by molar-refractivity contribution is 0.0664. The Morgan fingerprint density at radius 1 is 1.58 bits per heavy atom. The molecule has 10 heteroatoms. The summed E-state index contributed by atoms with van der Waals surface area (Å²) in [6.45, 7) is 1.47. The molecule has 0 radical (unpaired) electrons. The van der Waals surface area contributed by atoms with E-state index in [-0.39, 0.29) is 17.6 Å². The Bertz CT molecular complexity index is 528. The van der Waals surface area contributed by atoms with Gasteiger partial charge < -0.3 is 4.90 Å². The van der Waals surface area contributed by atoms with Crippen LogP contribution in [-0.4, -0.2) is 65.7 Å². The van der Waals surface area contributed by atoms with E-state index in [4.69, 9.17) is 0 Å². The SMILES string of the molecule is CS(=O)(=O)NCC1CCCN(C(=O)c2nn[nH]n2)C1. The monoisotopic (exact) mass is 288 g/mol. The first-order chi connectivity index (χ1) is 8.96. The van der Waals surface area contributed by atoms with E-state index in [1.807, 2.05) is 0 Å². The number of nitrogens with one attached hydrogen (secondary N) is 2. The normalized spacial score (nSPS) is 20.5. The number of carbonyl (C=O) groups is 1. The maximum absolute atomic E-state index is 12.0. The Hall–Kier alpha value is -1.55. The van der Waals surface area contributed by atoms with Gasteiger partial charge in [0.2, 0.25) is 10.0 Å². The third kappa shape index (κ3) is 3.96. The van der Waals surface area contributed by atoms with Crippen molar-refractivity contribution in [2.75, 3.05) is 25.9 Å². The Labute approximate surface area is 110 Å². The first-order valence-electron chi connectivity index (χ1n) is 5.93. The second-order valence-electron chi connectivity index (χ2n) is 4.62. The summed E-state index contributed by atoms with van der Waals surface area (Å²) in [4.78, 5) is 13.6. The summed E-state index contributed by atoms with van der Waals surface area (Å²) in [5.74, 6) is -0.131. The van der Waals surface area contributed by atoms with Crippen LogP contribution in [0.15, 0.2) is 0 Å². The summed E-state index contributed by atoms with van der Waals surface area (Å²) in [6, 6.07) is 0. The molecule has 1 aliphatic rings. The highest BCUT2D eigenvalue weighted by molar-refractivity contribution is 7.88. The quantitative estimate of drug-likeness (QED) is 0.703. The molecule has 2 N–H and O–H groups in total. The zero-order chi connectivity index (χ0) is 13.9. The minimum Gasteiger partial charge on any atom is -0.335 e. The van der Waals surface area contributed by atoms with Crippen molar-refractivity contribution in [3.63, 3.8) is 0 Å². The number of nitrogens with zero attached hydrogens (tertiary/aromatic N) is 4. The largest absolute Gasteiger partial charge is 0.335 e.